The second kappa shape index (κ2) is 9.37. The first-order valence-electron chi connectivity index (χ1n) is 10.3. The van der Waals surface area contributed by atoms with Crippen LogP contribution < -0.4 is 15.6 Å². The molecular weight excluding hydrogens is 440 g/mol. The van der Waals surface area contributed by atoms with E-state index in [1.54, 1.807) is 43.6 Å². The fraction of sp³-hybridized carbons (Fsp3) is 0.217. The minimum absolute atomic E-state index is 0.255. The molecule has 10 heteroatoms. The Hall–Kier alpha value is -3.79. The highest BCUT2D eigenvalue weighted by molar-refractivity contribution is 8.00. The van der Waals surface area contributed by atoms with Crippen molar-refractivity contribution in [3.05, 3.63) is 77.0 Å². The summed E-state index contributed by atoms with van der Waals surface area (Å²) < 4.78 is 10.4. The number of aromatic nitrogens is 5. The number of hydrogen-bond acceptors (Lipinski definition) is 6. The van der Waals surface area contributed by atoms with E-state index in [1.165, 1.54) is 16.4 Å². The maximum absolute atomic E-state index is 13.1. The summed E-state index contributed by atoms with van der Waals surface area (Å²) in [6, 6.07) is 16.8. The predicted molar refractivity (Wildman–Crippen MR) is 128 cm³/mol. The number of carbonyl (C=O) groups excluding carboxylic acids is 1. The lowest BCUT2D eigenvalue weighted by Crippen LogP contribution is -2.27. The average Bonchev–Trinajstić information content (AvgIpc) is 3.37. The van der Waals surface area contributed by atoms with Crippen LogP contribution in [0.15, 0.2) is 70.9 Å². The summed E-state index contributed by atoms with van der Waals surface area (Å²) in [7, 11) is 3.38. The van der Waals surface area contributed by atoms with Gasteiger partial charge >= 0.3 is 0 Å². The van der Waals surface area contributed by atoms with Gasteiger partial charge < -0.3 is 10.1 Å². The fourth-order valence-electron chi connectivity index (χ4n) is 3.45. The number of thioether (sulfide) groups is 1. The smallest absolute Gasteiger partial charge is 0.295 e. The van der Waals surface area contributed by atoms with E-state index in [0.717, 1.165) is 11.4 Å². The molecule has 2 aromatic heterocycles. The van der Waals surface area contributed by atoms with E-state index in [4.69, 9.17) is 4.74 Å². The van der Waals surface area contributed by atoms with Crippen LogP contribution in [0.4, 0.5) is 5.69 Å². The molecule has 0 aliphatic rings. The van der Waals surface area contributed by atoms with Gasteiger partial charge in [-0.1, -0.05) is 42.1 Å². The molecule has 0 aliphatic carbocycles. The minimum Gasteiger partial charge on any atom is -0.495 e. The van der Waals surface area contributed by atoms with Crippen LogP contribution in [0.2, 0.25) is 0 Å². The predicted octanol–water partition coefficient (Wildman–Crippen LogP) is 3.19. The summed E-state index contributed by atoms with van der Waals surface area (Å²) in [5.74, 6) is 0.359. The number of para-hydroxylation sites is 3. The third kappa shape index (κ3) is 4.29. The van der Waals surface area contributed by atoms with E-state index in [-0.39, 0.29) is 17.2 Å². The Labute approximate surface area is 195 Å². The van der Waals surface area contributed by atoms with Crippen molar-refractivity contribution >= 4 is 23.4 Å². The van der Waals surface area contributed by atoms with Crippen LogP contribution in [0.1, 0.15) is 12.6 Å². The standard InChI is InChI=1S/C23H24N6O3S/c1-15-20(22(31)29(27(15)3)17-10-6-5-7-11-17)25-21(30)16(2)33-23-26-24-14-28(23)18-12-8-9-13-19(18)32-4/h5-14,16H,1-4H3,(H,25,30). The summed E-state index contributed by atoms with van der Waals surface area (Å²) in [6.07, 6.45) is 1.57. The third-order valence-corrected chi connectivity index (χ3v) is 6.37. The maximum Gasteiger partial charge on any atom is 0.295 e. The molecule has 0 fully saturated rings. The van der Waals surface area contributed by atoms with Gasteiger partial charge in [0, 0.05) is 7.05 Å². The number of amides is 1. The lowest BCUT2D eigenvalue weighted by Gasteiger charge is -2.13. The summed E-state index contributed by atoms with van der Waals surface area (Å²) in [5, 5.41) is 11.0. The van der Waals surface area contributed by atoms with E-state index < -0.39 is 5.25 Å². The Kier molecular flexibility index (Phi) is 6.36. The van der Waals surface area contributed by atoms with Gasteiger partial charge in [-0.3, -0.25) is 18.8 Å². The van der Waals surface area contributed by atoms with Crippen LogP contribution in [-0.4, -0.2) is 42.4 Å². The number of methoxy groups -OCH3 is 1. The van der Waals surface area contributed by atoms with E-state index >= 15 is 0 Å². The highest BCUT2D eigenvalue weighted by Crippen LogP contribution is 2.29. The van der Waals surface area contributed by atoms with Crippen LogP contribution in [0.3, 0.4) is 0 Å². The topological polar surface area (TPSA) is 96.0 Å². The molecular formula is C23H24N6O3S. The van der Waals surface area contributed by atoms with E-state index in [9.17, 15) is 9.59 Å². The Balaban J connectivity index is 1.56. The zero-order valence-corrected chi connectivity index (χ0v) is 19.5. The van der Waals surface area contributed by atoms with Crippen molar-refractivity contribution < 1.29 is 9.53 Å². The quantitative estimate of drug-likeness (QED) is 0.422. The van der Waals surface area contributed by atoms with Gasteiger partial charge in [0.05, 0.1) is 29.4 Å². The second-order valence-electron chi connectivity index (χ2n) is 7.34. The van der Waals surface area contributed by atoms with Gasteiger partial charge in [-0.15, -0.1) is 10.2 Å². The molecule has 170 valence electrons. The van der Waals surface area contributed by atoms with Crippen molar-refractivity contribution in [3.63, 3.8) is 0 Å². The van der Waals surface area contributed by atoms with Crippen LogP contribution in [0.5, 0.6) is 5.75 Å². The molecule has 0 saturated carbocycles. The van der Waals surface area contributed by atoms with Gasteiger partial charge in [0.2, 0.25) is 5.91 Å². The SMILES string of the molecule is COc1ccccc1-n1cnnc1SC(C)C(=O)Nc1c(C)n(C)n(-c2ccccc2)c1=O. The molecule has 9 nitrogen and oxygen atoms in total. The molecule has 0 aliphatic heterocycles. The number of nitrogens with zero attached hydrogens (tertiary/aromatic N) is 5. The largest absolute Gasteiger partial charge is 0.495 e. The van der Waals surface area contributed by atoms with Crippen LogP contribution in [0.25, 0.3) is 11.4 Å². The zero-order chi connectivity index (χ0) is 23.5. The number of rotatable bonds is 7. The van der Waals surface area contributed by atoms with E-state index in [1.807, 2.05) is 54.6 Å². The first kappa shape index (κ1) is 22.4. The van der Waals surface area contributed by atoms with Crippen LogP contribution >= 0.6 is 11.8 Å². The van der Waals surface area contributed by atoms with Crippen molar-refractivity contribution in [1.82, 2.24) is 24.1 Å². The molecule has 2 heterocycles. The number of hydrogen-bond donors (Lipinski definition) is 1. The molecule has 1 amide bonds. The molecule has 4 aromatic rings. The van der Waals surface area contributed by atoms with Crippen LogP contribution in [0, 0.1) is 6.92 Å². The molecule has 33 heavy (non-hydrogen) atoms. The highest BCUT2D eigenvalue weighted by atomic mass is 32.2. The van der Waals surface area contributed by atoms with Crippen molar-refractivity contribution in [1.29, 1.82) is 0 Å². The van der Waals surface area contributed by atoms with Gasteiger partial charge in [0.25, 0.3) is 5.56 Å². The van der Waals surface area contributed by atoms with Gasteiger partial charge in [0.15, 0.2) is 5.16 Å². The van der Waals surface area contributed by atoms with Gasteiger partial charge in [-0.05, 0) is 38.1 Å². The summed E-state index contributed by atoms with van der Waals surface area (Å²) in [6.45, 7) is 3.56. The molecule has 4 rings (SSSR count). The summed E-state index contributed by atoms with van der Waals surface area (Å²) in [5.41, 5.74) is 2.12. The molecule has 0 radical (unpaired) electrons. The Morgan fingerprint density at radius 3 is 2.55 bits per heavy atom. The van der Waals surface area contributed by atoms with Gasteiger partial charge in [0.1, 0.15) is 17.8 Å². The lowest BCUT2D eigenvalue weighted by atomic mass is 10.3. The summed E-state index contributed by atoms with van der Waals surface area (Å²) >= 11 is 1.24. The molecule has 1 unspecified atom stereocenters. The van der Waals surface area contributed by atoms with Gasteiger partial charge in [-0.2, -0.15) is 0 Å². The monoisotopic (exact) mass is 464 g/mol. The van der Waals surface area contributed by atoms with Crippen molar-refractivity contribution in [3.8, 4) is 17.1 Å². The van der Waals surface area contributed by atoms with Crippen molar-refractivity contribution in [2.24, 2.45) is 7.05 Å². The van der Waals surface area contributed by atoms with E-state index in [2.05, 4.69) is 15.5 Å². The van der Waals surface area contributed by atoms with Gasteiger partial charge in [-0.25, -0.2) is 4.68 Å². The number of carbonyl (C=O) groups is 1. The normalized spacial score (nSPS) is 11.9. The molecule has 2 aromatic carbocycles. The number of anilines is 1. The fourth-order valence-corrected chi connectivity index (χ4v) is 4.28. The Morgan fingerprint density at radius 1 is 1.12 bits per heavy atom. The number of benzene rings is 2. The van der Waals surface area contributed by atoms with E-state index in [0.29, 0.717) is 16.6 Å². The Bertz CT molecular complexity index is 1340. The zero-order valence-electron chi connectivity index (χ0n) is 18.7. The lowest BCUT2D eigenvalue weighted by molar-refractivity contribution is -0.115. The highest BCUT2D eigenvalue weighted by Gasteiger charge is 2.23. The summed E-state index contributed by atoms with van der Waals surface area (Å²) in [4.78, 5) is 26.1. The van der Waals surface area contributed by atoms with Crippen LogP contribution in [-0.2, 0) is 11.8 Å². The number of ether oxygens (including phenoxy) is 1. The Morgan fingerprint density at radius 2 is 1.82 bits per heavy atom. The van der Waals surface area contributed by atoms with Crippen molar-refractivity contribution in [2.45, 2.75) is 24.3 Å². The first-order chi connectivity index (χ1) is 15.9. The average molecular weight is 465 g/mol. The maximum atomic E-state index is 13.1. The molecule has 1 N–H and O–H groups in total. The number of nitrogens with one attached hydrogen (secondary N) is 1. The third-order valence-electron chi connectivity index (χ3n) is 5.32. The second-order valence-corrected chi connectivity index (χ2v) is 8.65. The first-order valence-corrected chi connectivity index (χ1v) is 11.1. The minimum atomic E-state index is -0.535. The molecule has 1 atom stereocenters. The molecule has 0 saturated heterocycles. The molecule has 0 spiro atoms. The van der Waals surface area contributed by atoms with Crippen molar-refractivity contribution in [2.75, 3.05) is 12.4 Å². The molecule has 0 bridgehead atoms.